The fourth-order valence-corrected chi connectivity index (χ4v) is 4.74. The lowest BCUT2D eigenvalue weighted by molar-refractivity contribution is -0.132. The van der Waals surface area contributed by atoms with Crippen LogP contribution < -0.4 is 19.1 Å². The standard InChI is InChI=1S/C30H30ClNO6/c1-5-36-21-12-13-23(31)22(17-21)28(33)26-27(19-10-8-9-18(4)15-19)32(30(35)29(26)34)20-11-14-24(37-6-2)25(16-20)38-7-3/h8-17,27,33H,5-7H2,1-4H3/b28-26+. The highest BCUT2D eigenvalue weighted by Gasteiger charge is 2.47. The third-order valence-electron chi connectivity index (χ3n) is 6.11. The van der Waals surface area contributed by atoms with Crippen LogP contribution in [0.4, 0.5) is 5.69 Å². The van der Waals surface area contributed by atoms with Gasteiger partial charge in [0.1, 0.15) is 11.5 Å². The van der Waals surface area contributed by atoms with E-state index in [0.717, 1.165) is 5.56 Å². The van der Waals surface area contributed by atoms with Gasteiger partial charge in [-0.1, -0.05) is 41.4 Å². The fraction of sp³-hybridized carbons (Fsp3) is 0.267. The van der Waals surface area contributed by atoms with Gasteiger partial charge in [0, 0.05) is 17.3 Å². The minimum absolute atomic E-state index is 0.0667. The second-order valence-electron chi connectivity index (χ2n) is 8.65. The van der Waals surface area contributed by atoms with Gasteiger partial charge in [-0.25, -0.2) is 0 Å². The van der Waals surface area contributed by atoms with E-state index in [0.29, 0.717) is 48.3 Å². The highest BCUT2D eigenvalue weighted by atomic mass is 35.5. The third-order valence-corrected chi connectivity index (χ3v) is 6.44. The Labute approximate surface area is 227 Å². The van der Waals surface area contributed by atoms with E-state index in [9.17, 15) is 14.7 Å². The Morgan fingerprint density at radius 2 is 1.61 bits per heavy atom. The molecule has 0 saturated carbocycles. The largest absolute Gasteiger partial charge is 0.507 e. The molecule has 0 aliphatic carbocycles. The number of ketones is 1. The van der Waals surface area contributed by atoms with Crippen LogP contribution in [0.25, 0.3) is 5.76 Å². The lowest BCUT2D eigenvalue weighted by atomic mass is 9.94. The number of hydrogen-bond acceptors (Lipinski definition) is 6. The normalized spacial score (nSPS) is 16.6. The molecule has 1 atom stereocenters. The zero-order valence-electron chi connectivity index (χ0n) is 21.8. The molecule has 0 bridgehead atoms. The number of carbonyl (C=O) groups is 2. The molecular formula is C30H30ClNO6. The first-order chi connectivity index (χ1) is 18.3. The van der Waals surface area contributed by atoms with Crippen molar-refractivity contribution >= 4 is 34.7 Å². The van der Waals surface area contributed by atoms with E-state index in [2.05, 4.69) is 0 Å². The lowest BCUT2D eigenvalue weighted by Gasteiger charge is -2.26. The average Bonchev–Trinajstić information content (AvgIpc) is 3.16. The van der Waals surface area contributed by atoms with Crippen molar-refractivity contribution in [1.82, 2.24) is 0 Å². The van der Waals surface area contributed by atoms with E-state index in [1.807, 2.05) is 52.0 Å². The van der Waals surface area contributed by atoms with Crippen molar-refractivity contribution < 1.29 is 28.9 Å². The minimum Gasteiger partial charge on any atom is -0.507 e. The average molecular weight is 536 g/mol. The SMILES string of the molecule is CCOc1ccc(Cl)c(/C(O)=C2\C(=O)C(=O)N(c3ccc(OCC)c(OCC)c3)C2c2cccc(C)c2)c1. The Kier molecular flexibility index (Phi) is 8.27. The Balaban J connectivity index is 1.94. The summed E-state index contributed by atoms with van der Waals surface area (Å²) in [5.41, 5.74) is 2.16. The van der Waals surface area contributed by atoms with Crippen LogP contribution in [0.5, 0.6) is 17.2 Å². The minimum atomic E-state index is -0.908. The molecule has 7 nitrogen and oxygen atoms in total. The topological polar surface area (TPSA) is 85.3 Å². The first-order valence-electron chi connectivity index (χ1n) is 12.5. The fourth-order valence-electron chi connectivity index (χ4n) is 4.53. The number of rotatable bonds is 9. The molecule has 1 unspecified atom stereocenters. The molecule has 1 heterocycles. The van der Waals surface area contributed by atoms with Crippen LogP contribution in [-0.4, -0.2) is 36.6 Å². The van der Waals surface area contributed by atoms with Crippen LogP contribution in [0.2, 0.25) is 5.02 Å². The van der Waals surface area contributed by atoms with Gasteiger partial charge in [-0.05, 0) is 63.6 Å². The molecule has 1 aliphatic heterocycles. The van der Waals surface area contributed by atoms with Crippen molar-refractivity contribution in [3.8, 4) is 17.2 Å². The molecule has 1 saturated heterocycles. The summed E-state index contributed by atoms with van der Waals surface area (Å²) < 4.78 is 17.0. The second-order valence-corrected chi connectivity index (χ2v) is 9.06. The van der Waals surface area contributed by atoms with Gasteiger partial charge in [-0.3, -0.25) is 14.5 Å². The zero-order valence-corrected chi connectivity index (χ0v) is 22.5. The zero-order chi connectivity index (χ0) is 27.4. The molecule has 1 amide bonds. The van der Waals surface area contributed by atoms with E-state index in [1.165, 1.54) is 4.90 Å². The summed E-state index contributed by atoms with van der Waals surface area (Å²) in [5, 5.41) is 11.7. The van der Waals surface area contributed by atoms with Gasteiger partial charge in [0.25, 0.3) is 11.7 Å². The van der Waals surface area contributed by atoms with E-state index >= 15 is 0 Å². The van der Waals surface area contributed by atoms with Crippen molar-refractivity contribution in [2.75, 3.05) is 24.7 Å². The Morgan fingerprint density at radius 3 is 2.29 bits per heavy atom. The number of aliphatic hydroxyl groups is 1. The first-order valence-corrected chi connectivity index (χ1v) is 12.9. The monoisotopic (exact) mass is 535 g/mol. The molecule has 1 fully saturated rings. The maximum Gasteiger partial charge on any atom is 0.300 e. The Morgan fingerprint density at radius 1 is 0.895 bits per heavy atom. The van der Waals surface area contributed by atoms with Gasteiger partial charge < -0.3 is 19.3 Å². The Bertz CT molecular complexity index is 1400. The molecule has 198 valence electrons. The number of nitrogens with zero attached hydrogens (tertiary/aromatic N) is 1. The molecular weight excluding hydrogens is 506 g/mol. The van der Waals surface area contributed by atoms with Crippen LogP contribution in [0.3, 0.4) is 0 Å². The number of aryl methyl sites for hydroxylation is 1. The van der Waals surface area contributed by atoms with Gasteiger partial charge >= 0.3 is 0 Å². The Hall–Kier alpha value is -3.97. The van der Waals surface area contributed by atoms with Crippen LogP contribution in [0, 0.1) is 6.92 Å². The molecule has 38 heavy (non-hydrogen) atoms. The predicted octanol–water partition coefficient (Wildman–Crippen LogP) is 6.47. The maximum atomic E-state index is 13.6. The molecule has 1 aliphatic rings. The van der Waals surface area contributed by atoms with E-state index < -0.39 is 17.7 Å². The molecule has 1 N–H and O–H groups in total. The highest BCUT2D eigenvalue weighted by molar-refractivity contribution is 6.52. The van der Waals surface area contributed by atoms with E-state index in [-0.39, 0.29) is 21.9 Å². The number of carbonyl (C=O) groups excluding carboxylic acids is 2. The summed E-state index contributed by atoms with van der Waals surface area (Å²) in [5.74, 6) is -0.515. The summed E-state index contributed by atoms with van der Waals surface area (Å²) in [6.45, 7) is 8.71. The smallest absolute Gasteiger partial charge is 0.300 e. The van der Waals surface area contributed by atoms with Gasteiger partial charge in [0.2, 0.25) is 0 Å². The van der Waals surface area contributed by atoms with Crippen molar-refractivity contribution in [2.24, 2.45) is 0 Å². The number of hydrogen-bond donors (Lipinski definition) is 1. The van der Waals surface area contributed by atoms with Crippen molar-refractivity contribution in [3.05, 3.63) is 87.9 Å². The number of aliphatic hydroxyl groups excluding tert-OH is 1. The molecule has 8 heteroatoms. The van der Waals surface area contributed by atoms with Gasteiger partial charge in [-0.15, -0.1) is 0 Å². The molecule has 3 aromatic carbocycles. The van der Waals surface area contributed by atoms with Crippen molar-refractivity contribution in [2.45, 2.75) is 33.7 Å². The van der Waals surface area contributed by atoms with Crippen molar-refractivity contribution in [1.29, 1.82) is 0 Å². The number of amides is 1. The summed E-state index contributed by atoms with van der Waals surface area (Å²) >= 11 is 6.44. The molecule has 0 spiro atoms. The second kappa shape index (κ2) is 11.6. The van der Waals surface area contributed by atoms with Crippen LogP contribution in [-0.2, 0) is 9.59 Å². The molecule has 0 aromatic heterocycles. The van der Waals surface area contributed by atoms with Crippen LogP contribution >= 0.6 is 11.6 Å². The van der Waals surface area contributed by atoms with Crippen LogP contribution in [0.15, 0.2) is 66.2 Å². The molecule has 3 aromatic rings. The number of benzene rings is 3. The van der Waals surface area contributed by atoms with E-state index in [1.54, 1.807) is 36.4 Å². The van der Waals surface area contributed by atoms with Crippen LogP contribution in [0.1, 0.15) is 43.5 Å². The lowest BCUT2D eigenvalue weighted by Crippen LogP contribution is -2.29. The quantitative estimate of drug-likeness (QED) is 0.192. The van der Waals surface area contributed by atoms with Gasteiger partial charge in [-0.2, -0.15) is 0 Å². The van der Waals surface area contributed by atoms with Gasteiger partial charge in [0.15, 0.2) is 11.5 Å². The summed E-state index contributed by atoms with van der Waals surface area (Å²) in [6.07, 6.45) is 0. The van der Waals surface area contributed by atoms with E-state index in [4.69, 9.17) is 25.8 Å². The molecule has 4 rings (SSSR count). The summed E-state index contributed by atoms with van der Waals surface area (Å²) in [7, 11) is 0. The maximum absolute atomic E-state index is 13.6. The van der Waals surface area contributed by atoms with Crippen molar-refractivity contribution in [3.63, 3.8) is 0 Å². The number of anilines is 1. The summed E-state index contributed by atoms with van der Waals surface area (Å²) in [4.78, 5) is 28.5. The molecule has 0 radical (unpaired) electrons. The number of Topliss-reactive ketones (excluding diaryl/α,β-unsaturated/α-hetero) is 1. The summed E-state index contributed by atoms with van der Waals surface area (Å²) in [6, 6.07) is 16.5. The van der Waals surface area contributed by atoms with Gasteiger partial charge in [0.05, 0.1) is 36.5 Å². The number of ether oxygens (including phenoxy) is 3. The predicted molar refractivity (Wildman–Crippen MR) is 147 cm³/mol. The first kappa shape index (κ1) is 27.1. The number of halogens is 1. The highest BCUT2D eigenvalue weighted by Crippen LogP contribution is 2.45. The third kappa shape index (κ3) is 5.20.